The van der Waals surface area contributed by atoms with Crippen molar-refractivity contribution < 1.29 is 23.5 Å². The Balaban J connectivity index is 4.66. The molecule has 1 amide bonds. The Morgan fingerprint density at radius 1 is 1.24 bits per heavy atom. The first kappa shape index (κ1) is 15.7. The van der Waals surface area contributed by atoms with Crippen LogP contribution in [0.15, 0.2) is 0 Å². The normalized spacial score (nSPS) is 14.7. The van der Waals surface area contributed by atoms with Gasteiger partial charge in [-0.15, -0.1) is 0 Å². The van der Waals surface area contributed by atoms with Crippen molar-refractivity contribution in [2.75, 3.05) is 13.8 Å². The summed E-state index contributed by atoms with van der Waals surface area (Å²) in [5.74, 6) is -0.707. The van der Waals surface area contributed by atoms with E-state index in [0.29, 0.717) is 0 Å². The molecule has 1 N–H and O–H groups in total. The zero-order valence-electron chi connectivity index (χ0n) is 10.9. The number of methoxy groups -OCH3 is 1. The van der Waals surface area contributed by atoms with Crippen molar-refractivity contribution in [3.63, 3.8) is 0 Å². The molecule has 0 fully saturated rings. The fourth-order valence-corrected chi connectivity index (χ4v) is 1.16. The third kappa shape index (κ3) is 5.51. The predicted molar refractivity (Wildman–Crippen MR) is 60.4 cm³/mol. The molecule has 17 heavy (non-hydrogen) atoms. The van der Waals surface area contributed by atoms with Crippen molar-refractivity contribution >= 4 is 12.1 Å². The highest BCUT2D eigenvalue weighted by atomic mass is 19.1. The van der Waals surface area contributed by atoms with Gasteiger partial charge in [0, 0.05) is 6.42 Å². The molecule has 0 saturated carbocycles. The van der Waals surface area contributed by atoms with Gasteiger partial charge in [-0.05, 0) is 27.7 Å². The SMILES string of the molecule is COC(=O)C(C)(CCF)NC(=O)OC(C)(C)C. The number of alkyl carbamates (subject to hydrolysis) is 1. The van der Waals surface area contributed by atoms with E-state index < -0.39 is 29.9 Å². The number of rotatable bonds is 4. The third-order valence-corrected chi connectivity index (χ3v) is 2.01. The molecule has 0 aromatic heterocycles. The van der Waals surface area contributed by atoms with E-state index in [0.717, 1.165) is 0 Å². The lowest BCUT2D eigenvalue weighted by molar-refractivity contribution is -0.148. The van der Waals surface area contributed by atoms with Crippen molar-refractivity contribution in [1.29, 1.82) is 0 Å². The number of amides is 1. The summed E-state index contributed by atoms with van der Waals surface area (Å²) in [7, 11) is 1.18. The van der Waals surface area contributed by atoms with Gasteiger partial charge in [0.15, 0.2) is 0 Å². The number of ether oxygens (including phenoxy) is 2. The van der Waals surface area contributed by atoms with Crippen LogP contribution < -0.4 is 5.32 Å². The van der Waals surface area contributed by atoms with E-state index in [9.17, 15) is 14.0 Å². The topological polar surface area (TPSA) is 64.6 Å². The van der Waals surface area contributed by atoms with Crippen LogP contribution in [0.5, 0.6) is 0 Å². The Labute approximate surface area is 101 Å². The number of hydrogen-bond acceptors (Lipinski definition) is 4. The van der Waals surface area contributed by atoms with E-state index in [4.69, 9.17) is 4.74 Å². The van der Waals surface area contributed by atoms with Crippen LogP contribution in [0.2, 0.25) is 0 Å². The van der Waals surface area contributed by atoms with Crippen LogP contribution >= 0.6 is 0 Å². The fraction of sp³-hybridized carbons (Fsp3) is 0.818. The highest BCUT2D eigenvalue weighted by Gasteiger charge is 2.37. The predicted octanol–water partition coefficient (Wildman–Crippen LogP) is 1.80. The lowest BCUT2D eigenvalue weighted by Gasteiger charge is -2.28. The molecule has 0 heterocycles. The molecule has 0 aliphatic heterocycles. The first-order chi connectivity index (χ1) is 7.64. The highest BCUT2D eigenvalue weighted by Crippen LogP contribution is 2.14. The summed E-state index contributed by atoms with van der Waals surface area (Å²) >= 11 is 0. The molecule has 0 aromatic carbocycles. The molecule has 0 aliphatic carbocycles. The maximum atomic E-state index is 12.4. The Morgan fingerprint density at radius 3 is 2.12 bits per heavy atom. The summed E-state index contributed by atoms with van der Waals surface area (Å²) in [6.45, 7) is 5.72. The summed E-state index contributed by atoms with van der Waals surface area (Å²) < 4.78 is 21.9. The molecule has 0 spiro atoms. The van der Waals surface area contributed by atoms with Crippen molar-refractivity contribution in [2.24, 2.45) is 0 Å². The second-order valence-corrected chi connectivity index (χ2v) is 4.89. The van der Waals surface area contributed by atoms with E-state index in [1.165, 1.54) is 14.0 Å². The van der Waals surface area contributed by atoms with Gasteiger partial charge in [0.1, 0.15) is 11.1 Å². The standard InChI is InChI=1S/C11H20FNO4/c1-10(2,3)17-9(15)13-11(4,6-7-12)8(14)16-5/h6-7H2,1-5H3,(H,13,15). The molecule has 0 bridgehead atoms. The average molecular weight is 249 g/mol. The molecule has 1 atom stereocenters. The minimum atomic E-state index is -1.41. The van der Waals surface area contributed by atoms with Crippen LogP contribution in [-0.4, -0.2) is 37.0 Å². The molecule has 0 rings (SSSR count). The van der Waals surface area contributed by atoms with Gasteiger partial charge >= 0.3 is 12.1 Å². The van der Waals surface area contributed by atoms with Crippen LogP contribution in [-0.2, 0) is 14.3 Å². The van der Waals surface area contributed by atoms with Crippen LogP contribution in [0.25, 0.3) is 0 Å². The van der Waals surface area contributed by atoms with Crippen molar-refractivity contribution in [3.05, 3.63) is 0 Å². The Hall–Kier alpha value is -1.33. The number of nitrogens with one attached hydrogen (secondary N) is 1. The molecule has 0 saturated heterocycles. The van der Waals surface area contributed by atoms with Gasteiger partial charge in [-0.1, -0.05) is 0 Å². The quantitative estimate of drug-likeness (QED) is 0.772. The zero-order chi connectivity index (χ0) is 13.7. The minimum Gasteiger partial charge on any atom is -0.467 e. The maximum absolute atomic E-state index is 12.4. The van der Waals surface area contributed by atoms with E-state index >= 15 is 0 Å². The first-order valence-corrected chi connectivity index (χ1v) is 5.30. The van der Waals surface area contributed by atoms with Crippen LogP contribution in [0.1, 0.15) is 34.1 Å². The molecular weight excluding hydrogens is 229 g/mol. The summed E-state index contributed by atoms with van der Waals surface area (Å²) in [4.78, 5) is 23.0. The first-order valence-electron chi connectivity index (χ1n) is 5.30. The number of esters is 1. The van der Waals surface area contributed by atoms with E-state index in [2.05, 4.69) is 10.1 Å². The Kier molecular flexibility index (Phi) is 5.38. The summed E-state index contributed by atoms with van der Waals surface area (Å²) in [5.41, 5.74) is -2.09. The zero-order valence-corrected chi connectivity index (χ0v) is 10.9. The van der Waals surface area contributed by atoms with Gasteiger partial charge in [-0.2, -0.15) is 0 Å². The van der Waals surface area contributed by atoms with Gasteiger partial charge in [-0.3, -0.25) is 4.39 Å². The molecule has 0 aliphatic rings. The van der Waals surface area contributed by atoms with Crippen LogP contribution in [0, 0.1) is 0 Å². The van der Waals surface area contributed by atoms with Gasteiger partial charge < -0.3 is 14.8 Å². The van der Waals surface area contributed by atoms with Gasteiger partial charge in [0.25, 0.3) is 0 Å². The highest BCUT2D eigenvalue weighted by molar-refractivity contribution is 5.85. The number of carbonyl (C=O) groups is 2. The average Bonchev–Trinajstić information content (AvgIpc) is 2.13. The Morgan fingerprint density at radius 2 is 1.76 bits per heavy atom. The van der Waals surface area contributed by atoms with Gasteiger partial charge in [-0.25, -0.2) is 9.59 Å². The smallest absolute Gasteiger partial charge is 0.408 e. The molecule has 0 radical (unpaired) electrons. The number of halogens is 1. The second kappa shape index (κ2) is 5.84. The van der Waals surface area contributed by atoms with E-state index in [1.54, 1.807) is 20.8 Å². The lowest BCUT2D eigenvalue weighted by Crippen LogP contribution is -2.54. The van der Waals surface area contributed by atoms with E-state index in [-0.39, 0.29) is 6.42 Å². The summed E-state index contributed by atoms with van der Waals surface area (Å²) in [5, 5.41) is 2.33. The largest absolute Gasteiger partial charge is 0.467 e. The minimum absolute atomic E-state index is 0.168. The fourth-order valence-electron chi connectivity index (χ4n) is 1.16. The molecule has 100 valence electrons. The van der Waals surface area contributed by atoms with E-state index in [1.807, 2.05) is 0 Å². The molecule has 5 nitrogen and oxygen atoms in total. The van der Waals surface area contributed by atoms with Crippen molar-refractivity contribution in [2.45, 2.75) is 45.3 Å². The second-order valence-electron chi connectivity index (χ2n) is 4.89. The maximum Gasteiger partial charge on any atom is 0.408 e. The Bertz CT molecular complexity index is 288. The monoisotopic (exact) mass is 249 g/mol. The number of hydrogen-bond donors (Lipinski definition) is 1. The van der Waals surface area contributed by atoms with Gasteiger partial charge in [0.2, 0.25) is 0 Å². The molecular formula is C11H20FNO4. The van der Waals surface area contributed by atoms with Crippen molar-refractivity contribution in [1.82, 2.24) is 5.32 Å². The third-order valence-electron chi connectivity index (χ3n) is 2.01. The van der Waals surface area contributed by atoms with Crippen LogP contribution in [0.3, 0.4) is 0 Å². The summed E-state index contributed by atoms with van der Waals surface area (Å²) in [6.07, 6.45) is -0.947. The molecule has 6 heteroatoms. The number of alkyl halides is 1. The molecule has 1 unspecified atom stereocenters. The molecule has 0 aromatic rings. The van der Waals surface area contributed by atoms with Crippen LogP contribution in [0.4, 0.5) is 9.18 Å². The van der Waals surface area contributed by atoms with Gasteiger partial charge in [0.05, 0.1) is 13.8 Å². The summed E-state index contributed by atoms with van der Waals surface area (Å²) in [6, 6.07) is 0. The lowest BCUT2D eigenvalue weighted by atomic mass is 9.99. The van der Waals surface area contributed by atoms with Crippen molar-refractivity contribution in [3.8, 4) is 0 Å². The number of carbonyl (C=O) groups excluding carboxylic acids is 2.